The lowest BCUT2D eigenvalue weighted by Crippen LogP contribution is -2.37. The first-order valence-electron chi connectivity index (χ1n) is 7.51. The fourth-order valence-corrected chi connectivity index (χ4v) is 2.73. The largest absolute Gasteiger partial charge is 0.323 e. The predicted molar refractivity (Wildman–Crippen MR) is 90.9 cm³/mol. The van der Waals surface area contributed by atoms with Crippen LogP contribution in [-0.2, 0) is 6.42 Å². The van der Waals surface area contributed by atoms with Gasteiger partial charge >= 0.3 is 5.69 Å². The number of hydrogen-bond acceptors (Lipinski definition) is 3. The first-order valence-corrected chi connectivity index (χ1v) is 7.51. The molecule has 0 saturated carbocycles. The fraction of sp³-hybridized carbons (Fsp3) is 0.222. The number of benzene rings is 2. The highest BCUT2D eigenvalue weighted by Crippen LogP contribution is 2.16. The van der Waals surface area contributed by atoms with Crippen molar-refractivity contribution in [2.24, 2.45) is 0 Å². The number of Topliss-reactive ketones (excluding diaryl/α,β-unsaturated/α-hetero) is 1. The van der Waals surface area contributed by atoms with Gasteiger partial charge in [0.05, 0.1) is 17.1 Å². The number of nitrogens with zero attached hydrogens (tertiary/aromatic N) is 1. The molecule has 118 valence electrons. The van der Waals surface area contributed by atoms with Crippen LogP contribution in [0.4, 0.5) is 0 Å². The number of likely N-dealkylation sites (N-methyl/N-ethyl adjacent to an activating group) is 1. The van der Waals surface area contributed by atoms with Crippen molar-refractivity contribution in [2.75, 3.05) is 14.1 Å². The van der Waals surface area contributed by atoms with Crippen molar-refractivity contribution in [2.45, 2.75) is 12.5 Å². The van der Waals surface area contributed by atoms with E-state index in [0.717, 1.165) is 5.56 Å². The summed E-state index contributed by atoms with van der Waals surface area (Å²) in [6.45, 7) is 0. The molecule has 1 atom stereocenters. The number of hydrogen-bond donors (Lipinski definition) is 2. The molecule has 2 N–H and O–H groups in total. The monoisotopic (exact) mass is 309 g/mol. The van der Waals surface area contributed by atoms with Gasteiger partial charge in [-0.05, 0) is 44.3 Å². The van der Waals surface area contributed by atoms with Crippen LogP contribution in [0, 0.1) is 0 Å². The zero-order valence-electron chi connectivity index (χ0n) is 13.2. The topological polar surface area (TPSA) is 69.0 Å². The highest BCUT2D eigenvalue weighted by molar-refractivity contribution is 6.02. The molecule has 0 bridgehead atoms. The molecule has 5 nitrogen and oxygen atoms in total. The molecule has 0 radical (unpaired) electrons. The van der Waals surface area contributed by atoms with E-state index >= 15 is 0 Å². The summed E-state index contributed by atoms with van der Waals surface area (Å²) in [5.74, 6) is 0.0443. The molecule has 0 aliphatic heterocycles. The Morgan fingerprint density at radius 1 is 1.04 bits per heavy atom. The third kappa shape index (κ3) is 3.24. The Balaban J connectivity index is 1.91. The molecule has 0 aliphatic rings. The van der Waals surface area contributed by atoms with Gasteiger partial charge in [-0.3, -0.25) is 9.69 Å². The summed E-state index contributed by atoms with van der Waals surface area (Å²) in [6, 6.07) is 15.0. The Labute approximate surface area is 134 Å². The Morgan fingerprint density at radius 3 is 2.43 bits per heavy atom. The first-order chi connectivity index (χ1) is 11.0. The van der Waals surface area contributed by atoms with Crippen LogP contribution in [0.3, 0.4) is 0 Å². The Morgan fingerprint density at radius 2 is 1.74 bits per heavy atom. The van der Waals surface area contributed by atoms with Gasteiger partial charge in [0, 0.05) is 5.56 Å². The molecular formula is C18H19N3O2. The van der Waals surface area contributed by atoms with E-state index < -0.39 is 0 Å². The van der Waals surface area contributed by atoms with Gasteiger partial charge in [-0.1, -0.05) is 30.3 Å². The smallest absolute Gasteiger partial charge is 0.306 e. The van der Waals surface area contributed by atoms with E-state index in [1.807, 2.05) is 49.3 Å². The lowest BCUT2D eigenvalue weighted by Gasteiger charge is -2.23. The number of fused-ring (bicyclic) bond motifs is 1. The number of rotatable bonds is 5. The molecule has 0 fully saturated rings. The van der Waals surface area contributed by atoms with Crippen LogP contribution in [0.5, 0.6) is 0 Å². The minimum absolute atomic E-state index is 0.0443. The van der Waals surface area contributed by atoms with Gasteiger partial charge in [-0.2, -0.15) is 0 Å². The summed E-state index contributed by atoms with van der Waals surface area (Å²) in [4.78, 5) is 31.6. The summed E-state index contributed by atoms with van der Waals surface area (Å²) in [5, 5.41) is 0. The lowest BCUT2D eigenvalue weighted by molar-refractivity contribution is 0.0875. The molecule has 3 rings (SSSR count). The highest BCUT2D eigenvalue weighted by Gasteiger charge is 2.23. The van der Waals surface area contributed by atoms with E-state index in [1.54, 1.807) is 18.2 Å². The summed E-state index contributed by atoms with van der Waals surface area (Å²) >= 11 is 0. The normalized spacial score (nSPS) is 12.7. The number of carbonyl (C=O) groups excluding carboxylic acids is 1. The number of H-pyrrole nitrogens is 2. The fourth-order valence-electron chi connectivity index (χ4n) is 2.73. The molecule has 1 aromatic heterocycles. The SMILES string of the molecule is CN(C)C(Cc1ccccc1)C(=O)c1ccc2[nH]c(=O)[nH]c2c1. The number of carbonyl (C=O) groups is 1. The van der Waals surface area contributed by atoms with Crippen molar-refractivity contribution < 1.29 is 4.79 Å². The summed E-state index contributed by atoms with van der Waals surface area (Å²) < 4.78 is 0. The molecule has 0 spiro atoms. The van der Waals surface area contributed by atoms with Gasteiger partial charge in [0.2, 0.25) is 0 Å². The second-order valence-electron chi connectivity index (χ2n) is 5.87. The van der Waals surface area contributed by atoms with Crippen molar-refractivity contribution in [3.05, 3.63) is 70.1 Å². The van der Waals surface area contributed by atoms with Crippen LogP contribution in [0.1, 0.15) is 15.9 Å². The van der Waals surface area contributed by atoms with Gasteiger partial charge in [-0.15, -0.1) is 0 Å². The maximum Gasteiger partial charge on any atom is 0.323 e. The summed E-state index contributed by atoms with van der Waals surface area (Å²) in [6.07, 6.45) is 0.647. The van der Waals surface area contributed by atoms with Crippen molar-refractivity contribution >= 4 is 16.8 Å². The maximum absolute atomic E-state index is 12.9. The van der Waals surface area contributed by atoms with Gasteiger partial charge < -0.3 is 9.97 Å². The Bertz CT molecular complexity index is 878. The number of nitrogens with one attached hydrogen (secondary N) is 2. The van der Waals surface area contributed by atoms with Crippen LogP contribution in [-0.4, -0.2) is 40.8 Å². The zero-order valence-corrected chi connectivity index (χ0v) is 13.2. The zero-order chi connectivity index (χ0) is 16.4. The van der Waals surface area contributed by atoms with Gasteiger partial charge in [0.25, 0.3) is 0 Å². The van der Waals surface area contributed by atoms with Crippen molar-refractivity contribution in [1.82, 2.24) is 14.9 Å². The van der Waals surface area contributed by atoms with Crippen LogP contribution >= 0.6 is 0 Å². The number of imidazole rings is 1. The molecule has 1 unspecified atom stereocenters. The molecule has 0 saturated heterocycles. The standard InChI is InChI=1S/C18H19N3O2/c1-21(2)16(10-12-6-4-3-5-7-12)17(22)13-8-9-14-15(11-13)20-18(23)19-14/h3-9,11,16H,10H2,1-2H3,(H2,19,20,23). The van der Waals surface area contributed by atoms with E-state index in [1.165, 1.54) is 0 Å². The van der Waals surface area contributed by atoms with Gasteiger partial charge in [0.1, 0.15) is 0 Å². The quantitative estimate of drug-likeness (QED) is 0.710. The van der Waals surface area contributed by atoms with E-state index in [2.05, 4.69) is 9.97 Å². The minimum atomic E-state index is -0.266. The van der Waals surface area contributed by atoms with E-state index in [-0.39, 0.29) is 17.5 Å². The van der Waals surface area contributed by atoms with Crippen molar-refractivity contribution in [3.8, 4) is 0 Å². The molecule has 2 aromatic carbocycles. The summed E-state index contributed by atoms with van der Waals surface area (Å²) in [5.41, 5.74) is 2.81. The van der Waals surface area contributed by atoms with Gasteiger partial charge in [-0.25, -0.2) is 4.79 Å². The average Bonchev–Trinajstić information content (AvgIpc) is 2.91. The average molecular weight is 309 g/mol. The molecule has 0 amide bonds. The number of aromatic nitrogens is 2. The van der Waals surface area contributed by atoms with Crippen molar-refractivity contribution in [3.63, 3.8) is 0 Å². The highest BCUT2D eigenvalue weighted by atomic mass is 16.1. The van der Waals surface area contributed by atoms with Gasteiger partial charge in [0.15, 0.2) is 5.78 Å². The molecule has 23 heavy (non-hydrogen) atoms. The lowest BCUT2D eigenvalue weighted by atomic mass is 9.96. The van der Waals surface area contributed by atoms with Crippen LogP contribution in [0.15, 0.2) is 53.3 Å². The first kappa shape index (κ1) is 15.2. The third-order valence-electron chi connectivity index (χ3n) is 4.00. The van der Waals surface area contributed by atoms with E-state index in [0.29, 0.717) is 23.0 Å². The molecular weight excluding hydrogens is 290 g/mol. The Hall–Kier alpha value is -2.66. The second-order valence-corrected chi connectivity index (χ2v) is 5.87. The van der Waals surface area contributed by atoms with Crippen LogP contribution < -0.4 is 5.69 Å². The molecule has 1 heterocycles. The molecule has 3 aromatic rings. The van der Waals surface area contributed by atoms with Crippen molar-refractivity contribution in [1.29, 1.82) is 0 Å². The summed E-state index contributed by atoms with van der Waals surface area (Å²) in [7, 11) is 3.81. The molecule has 0 aliphatic carbocycles. The minimum Gasteiger partial charge on any atom is -0.306 e. The second kappa shape index (κ2) is 6.22. The third-order valence-corrected chi connectivity index (χ3v) is 4.00. The van der Waals surface area contributed by atoms with E-state index in [9.17, 15) is 9.59 Å². The number of ketones is 1. The predicted octanol–water partition coefficient (Wildman–Crippen LogP) is 2.21. The van der Waals surface area contributed by atoms with Crippen LogP contribution in [0.25, 0.3) is 11.0 Å². The number of aromatic amines is 2. The van der Waals surface area contributed by atoms with E-state index in [4.69, 9.17) is 0 Å². The van der Waals surface area contributed by atoms with Crippen LogP contribution in [0.2, 0.25) is 0 Å². The molecule has 5 heteroatoms. The maximum atomic E-state index is 12.9. The Kier molecular flexibility index (Phi) is 4.12.